The molecule has 0 aromatic heterocycles. The summed E-state index contributed by atoms with van der Waals surface area (Å²) >= 11 is 27.4. The van der Waals surface area contributed by atoms with Crippen LogP contribution in [-0.4, -0.2) is 247 Å². The molecule has 0 aromatic carbocycles. The first-order chi connectivity index (χ1) is 33.8. The second-order valence-electron chi connectivity index (χ2n) is 14.6. The first-order valence-corrected chi connectivity index (χ1v) is 35.9. The fourth-order valence-electron chi connectivity index (χ4n) is 5.81. The van der Waals surface area contributed by atoms with Crippen LogP contribution in [0.1, 0.15) is 0 Å². The fourth-order valence-corrected chi connectivity index (χ4v) is 5.81. The number of fused-ring (bicyclic) bond motifs is 42. The Balaban J connectivity index is -0.000000309. The number of rotatable bonds is 0. The maximum atomic E-state index is 5.72. The van der Waals surface area contributed by atoms with Gasteiger partial charge in [0.25, 0.3) is 0 Å². The first-order valence-electron chi connectivity index (χ1n) is 23.0. The Morgan fingerprint density at radius 2 is 0.338 bits per heavy atom. The molecule has 0 aliphatic carbocycles. The molecule has 6 heterocycles. The fraction of sp³-hybridized carbons (Fsp3) is 0.857. The Morgan fingerprint density at radius 1 is 0.216 bits per heavy atom. The van der Waals surface area contributed by atoms with E-state index in [0.29, 0.717) is 119 Å². The summed E-state index contributed by atoms with van der Waals surface area (Å²) in [5.41, 5.74) is 0. The molecule has 0 aromatic rings. The number of hydrogen-bond donors (Lipinski definition) is 2. The third kappa shape index (κ3) is 70.3. The summed E-state index contributed by atoms with van der Waals surface area (Å²) in [7, 11) is 0. The van der Waals surface area contributed by atoms with Gasteiger partial charge in [0.2, 0.25) is 0 Å². The van der Waals surface area contributed by atoms with Crippen molar-refractivity contribution in [1.82, 2.24) is 9.80 Å². The summed E-state index contributed by atoms with van der Waals surface area (Å²) in [5, 5.41) is 0. The summed E-state index contributed by atoms with van der Waals surface area (Å²) in [6.07, 6.45) is 0. The molecule has 0 radical (unpaired) electrons. The van der Waals surface area contributed by atoms with E-state index in [1.165, 1.54) is 19.3 Å². The van der Waals surface area contributed by atoms with Crippen LogP contribution >= 0.6 is 271 Å². The number of nitrogens with one attached hydrogen (secondary N) is 2. The van der Waals surface area contributed by atoms with Gasteiger partial charge in [0, 0.05) is 39.3 Å². The molecule has 0 spiro atoms. The number of halogens is 14. The molecule has 4 bridgehead atoms. The van der Waals surface area contributed by atoms with Crippen molar-refractivity contribution in [2.45, 2.75) is 0 Å². The van der Waals surface area contributed by atoms with Crippen molar-refractivity contribution in [1.29, 1.82) is 0 Å². The summed E-state index contributed by atoms with van der Waals surface area (Å²) in [6, 6.07) is 0. The van der Waals surface area contributed by atoms with E-state index in [9.17, 15) is 0 Å². The second kappa shape index (κ2) is 72.9. The minimum absolute atomic E-state index is 0. The van der Waals surface area contributed by atoms with Crippen molar-refractivity contribution in [3.05, 3.63) is 9.52 Å². The SMILES string of the molecule is C1COCC[NH+]2CCOCCOCCN(CCO1)CCOCCOCC2.C1COCC[NH+]2CCOCCOCCN(CCO1)CCOCCOCC2.IC(I)=C(I)I.IC(I)=C(I)I.IC(I)=C(I)I.[I-].[I-].[Na+].[Na+]. The quantitative estimate of drug-likeness (QED) is 0.182. The monoisotopic (exact) mass is 2650 g/mol. The normalized spacial score (nSPS) is 23.4. The molecular formula is C42H74I14N4Na2O12+2. The van der Waals surface area contributed by atoms with Crippen LogP contribution in [0.3, 0.4) is 0 Å². The molecule has 0 saturated carbocycles. The van der Waals surface area contributed by atoms with Crippen molar-refractivity contribution < 1.29 is 174 Å². The van der Waals surface area contributed by atoms with Gasteiger partial charge >= 0.3 is 59.1 Å². The van der Waals surface area contributed by atoms with Crippen molar-refractivity contribution in [2.24, 2.45) is 0 Å². The van der Waals surface area contributed by atoms with Crippen molar-refractivity contribution in [3.63, 3.8) is 0 Å². The van der Waals surface area contributed by atoms with Gasteiger partial charge in [-0.05, 0) is 271 Å². The number of hydrogen-bond acceptors (Lipinski definition) is 14. The smallest absolute Gasteiger partial charge is 1.00 e. The van der Waals surface area contributed by atoms with E-state index in [0.717, 1.165) is 118 Å². The van der Waals surface area contributed by atoms with Gasteiger partial charge in [-0.25, -0.2) is 0 Å². The van der Waals surface area contributed by atoms with Gasteiger partial charge in [0.05, 0.1) is 168 Å². The van der Waals surface area contributed by atoms with E-state index in [2.05, 4.69) is 281 Å². The largest absolute Gasteiger partial charge is 1.00 e. The molecule has 6 aliphatic heterocycles. The maximum Gasteiger partial charge on any atom is 1.00 e. The molecule has 6 aliphatic rings. The Labute approximate surface area is 686 Å². The van der Waals surface area contributed by atoms with E-state index >= 15 is 0 Å². The Morgan fingerprint density at radius 3 is 0.459 bits per heavy atom. The Kier molecular flexibility index (Phi) is 92.1. The topological polar surface area (TPSA) is 126 Å². The van der Waals surface area contributed by atoms with E-state index in [1.807, 2.05) is 0 Å². The van der Waals surface area contributed by atoms with E-state index in [4.69, 9.17) is 56.8 Å². The molecular weight excluding hydrogens is 2580 g/mol. The number of ether oxygens (including phenoxy) is 12. The van der Waals surface area contributed by atoms with Crippen molar-refractivity contribution >= 4 is 271 Å². The maximum absolute atomic E-state index is 5.72. The van der Waals surface area contributed by atoms with E-state index in [1.54, 1.807) is 0 Å². The minimum atomic E-state index is 0. The zero-order valence-electron chi connectivity index (χ0n) is 42.5. The van der Waals surface area contributed by atoms with E-state index < -0.39 is 0 Å². The average Bonchev–Trinajstić information content (AvgIpc) is 3.32. The van der Waals surface area contributed by atoms with Crippen LogP contribution in [0.15, 0.2) is 9.52 Å². The molecule has 0 amide bonds. The summed E-state index contributed by atoms with van der Waals surface area (Å²) in [5.74, 6) is 0. The molecule has 16 nitrogen and oxygen atoms in total. The predicted molar refractivity (Wildman–Crippen MR) is 383 cm³/mol. The van der Waals surface area contributed by atoms with Crippen LogP contribution in [0.25, 0.3) is 0 Å². The Hall–Kier alpha value is 10.8. The third-order valence-corrected chi connectivity index (χ3v) is 28.4. The van der Waals surface area contributed by atoms with Gasteiger partial charge in [-0.2, -0.15) is 0 Å². The zero-order chi connectivity index (χ0) is 51.7. The van der Waals surface area contributed by atoms with Crippen LogP contribution in [0, 0.1) is 0 Å². The molecule has 74 heavy (non-hydrogen) atoms. The van der Waals surface area contributed by atoms with Crippen LogP contribution < -0.4 is 117 Å². The Bertz CT molecular complexity index is 998. The number of nitrogens with zero attached hydrogens (tertiary/aromatic N) is 2. The van der Waals surface area contributed by atoms with Crippen molar-refractivity contribution in [3.8, 4) is 0 Å². The average molecular weight is 2650 g/mol. The zero-order valence-corrected chi connectivity index (χ0v) is 76.7. The van der Waals surface area contributed by atoms with Crippen LogP contribution in [0.2, 0.25) is 0 Å². The van der Waals surface area contributed by atoms with Gasteiger partial charge in [-0.15, -0.1) is 0 Å². The molecule has 2 N–H and O–H groups in total. The van der Waals surface area contributed by atoms with Gasteiger partial charge in [0.15, 0.2) is 0 Å². The molecule has 0 unspecified atom stereocenters. The molecule has 6 fully saturated rings. The van der Waals surface area contributed by atoms with Gasteiger partial charge in [-0.1, -0.05) is 0 Å². The minimum Gasteiger partial charge on any atom is -1.00 e. The van der Waals surface area contributed by atoms with Gasteiger partial charge in [0.1, 0.15) is 39.3 Å². The third-order valence-electron chi connectivity index (χ3n) is 9.57. The van der Waals surface area contributed by atoms with Crippen LogP contribution in [0.4, 0.5) is 0 Å². The second-order valence-corrected chi connectivity index (χ2v) is 39.9. The molecule has 6 rings (SSSR count). The molecule has 0 atom stereocenters. The van der Waals surface area contributed by atoms with Crippen LogP contribution in [-0.2, 0) is 56.8 Å². The van der Waals surface area contributed by atoms with Crippen LogP contribution in [0.5, 0.6) is 0 Å². The molecule has 32 heteroatoms. The first kappa shape index (κ1) is 93.5. The number of quaternary nitrogens is 2. The summed E-state index contributed by atoms with van der Waals surface area (Å²) in [4.78, 5) is 7.50. The summed E-state index contributed by atoms with van der Waals surface area (Å²) in [6.45, 7) is 27.3. The summed E-state index contributed by atoms with van der Waals surface area (Å²) < 4.78 is 76.6. The molecule has 6 saturated heterocycles. The predicted octanol–water partition coefficient (Wildman–Crippen LogP) is -3.82. The van der Waals surface area contributed by atoms with Crippen molar-refractivity contribution in [2.75, 3.05) is 237 Å². The van der Waals surface area contributed by atoms with Gasteiger partial charge < -0.3 is 115 Å². The standard InChI is InChI=1S/2C18H36N2O6.3C2I4.2HI.2Na/c2*1-7-21-13-14-24-10-4-20-5-11-25-17-15-22-8-2-19(1)3-9-23-16-18-26-12-6-20;3*3-1(4)2(5)6;;;;/h2*1-18H2;;;;2*1H;;/q;;;;;;;2*+1. The van der Waals surface area contributed by atoms with E-state index in [-0.39, 0.29) is 107 Å². The van der Waals surface area contributed by atoms with Gasteiger partial charge in [-0.3, -0.25) is 9.80 Å². The molecule has 432 valence electrons.